The van der Waals surface area contributed by atoms with Crippen LogP contribution in [0.4, 0.5) is 5.69 Å². The van der Waals surface area contributed by atoms with Crippen LogP contribution in [-0.4, -0.2) is 70.9 Å². The smallest absolute Gasteiger partial charge is 0.330 e. The first kappa shape index (κ1) is 37.6. The minimum atomic E-state index is -0.751. The molecule has 2 unspecified atom stereocenters. The summed E-state index contributed by atoms with van der Waals surface area (Å²) >= 11 is 10.1. The number of fused-ring (bicyclic) bond motifs is 2. The molecule has 3 aliphatic heterocycles. The number of nitro groups is 1. The van der Waals surface area contributed by atoms with E-state index in [1.54, 1.807) is 0 Å². The molecule has 2 saturated heterocycles. The Hall–Kier alpha value is -2.19. The summed E-state index contributed by atoms with van der Waals surface area (Å²) < 4.78 is 27.8. The van der Waals surface area contributed by atoms with Crippen LogP contribution in [0.3, 0.4) is 0 Å². The van der Waals surface area contributed by atoms with Crippen molar-refractivity contribution in [3.63, 3.8) is 0 Å². The van der Waals surface area contributed by atoms with E-state index in [2.05, 4.69) is 29.8 Å². The average Bonchev–Trinajstić information content (AvgIpc) is 3.66. The second-order valence-corrected chi connectivity index (χ2v) is 17.0. The van der Waals surface area contributed by atoms with E-state index in [0.29, 0.717) is 12.4 Å². The molecular weight excluding hydrogens is 732 g/mol. The Labute approximate surface area is 297 Å². The van der Waals surface area contributed by atoms with E-state index in [9.17, 15) is 24.3 Å². The Morgan fingerprint density at radius 1 is 1.15 bits per heavy atom. The van der Waals surface area contributed by atoms with Crippen molar-refractivity contribution in [2.45, 2.75) is 98.6 Å². The lowest BCUT2D eigenvalue weighted by Crippen LogP contribution is -2.64. The number of amides is 1. The molecule has 1 amide bonds. The first-order chi connectivity index (χ1) is 22.5. The van der Waals surface area contributed by atoms with Gasteiger partial charge in [0.1, 0.15) is 33.9 Å². The number of unbranched alkanes of at least 4 members (excludes halogenated alkanes) is 5. The van der Waals surface area contributed by atoms with Crippen molar-refractivity contribution in [2.75, 3.05) is 18.4 Å². The highest BCUT2D eigenvalue weighted by molar-refractivity contribution is 9.10. The van der Waals surface area contributed by atoms with Gasteiger partial charge in [-0.1, -0.05) is 65.8 Å². The SMILES string of the molecule is CCCCCCCC[S+]([O-])C(C)Cc1ccc2c(c1)OCO2.C[C@@]1(CCl)S[C@@H]2[C@@H](Br)C(=O)N2[C@H]1C(=O)OCc1ccc([N+](=O)[O-])cc1. The first-order valence-corrected chi connectivity index (χ1v) is 19.6. The number of thioether (sulfide) groups is 1. The number of halogens is 2. The van der Waals surface area contributed by atoms with Crippen LogP contribution >= 0.6 is 39.3 Å². The molecule has 10 nitrogen and oxygen atoms in total. The van der Waals surface area contributed by atoms with Crippen LogP contribution in [0.5, 0.6) is 11.5 Å². The monoisotopic (exact) mass is 772 g/mol. The van der Waals surface area contributed by atoms with Gasteiger partial charge in [-0.05, 0) is 62.1 Å². The Morgan fingerprint density at radius 2 is 1.81 bits per heavy atom. The maximum atomic E-state index is 12.6. The van der Waals surface area contributed by atoms with Crippen molar-refractivity contribution in [3.8, 4) is 11.5 Å². The molecule has 14 heteroatoms. The number of nitro benzene ring substituents is 1. The summed E-state index contributed by atoms with van der Waals surface area (Å²) in [6.07, 6.45) is 8.32. The summed E-state index contributed by atoms with van der Waals surface area (Å²) in [5, 5.41) is 10.7. The molecular formula is C33H42BrClN2O8S2. The van der Waals surface area contributed by atoms with Crippen LogP contribution < -0.4 is 9.47 Å². The molecule has 47 heavy (non-hydrogen) atoms. The predicted octanol–water partition coefficient (Wildman–Crippen LogP) is 7.14. The van der Waals surface area contributed by atoms with Gasteiger partial charge in [0.2, 0.25) is 12.7 Å². The number of carbonyl (C=O) groups excluding carboxylic acids is 2. The number of benzene rings is 2. The van der Waals surface area contributed by atoms with Crippen LogP contribution in [0.1, 0.15) is 70.4 Å². The number of esters is 1. The van der Waals surface area contributed by atoms with Crippen LogP contribution in [0.2, 0.25) is 0 Å². The van der Waals surface area contributed by atoms with Gasteiger partial charge in [0.15, 0.2) is 11.5 Å². The molecule has 0 aliphatic carbocycles. The molecule has 5 rings (SSSR count). The van der Waals surface area contributed by atoms with Crippen LogP contribution in [0.15, 0.2) is 42.5 Å². The van der Waals surface area contributed by atoms with Gasteiger partial charge in [-0.3, -0.25) is 14.9 Å². The minimum Gasteiger partial charge on any atom is -0.616 e. The number of hydrogen-bond acceptors (Lipinski definition) is 9. The van der Waals surface area contributed by atoms with E-state index in [0.717, 1.165) is 30.1 Å². The quantitative estimate of drug-likeness (QED) is 0.0353. The maximum Gasteiger partial charge on any atom is 0.330 e. The molecule has 2 fully saturated rings. The highest BCUT2D eigenvalue weighted by atomic mass is 79.9. The van der Waals surface area contributed by atoms with Gasteiger partial charge in [-0.2, -0.15) is 0 Å². The van der Waals surface area contributed by atoms with Gasteiger partial charge in [0.25, 0.3) is 5.69 Å². The average molecular weight is 774 g/mol. The van der Waals surface area contributed by atoms with E-state index in [4.69, 9.17) is 25.8 Å². The zero-order valence-corrected chi connectivity index (χ0v) is 30.8. The molecule has 3 aliphatic rings. The van der Waals surface area contributed by atoms with Gasteiger partial charge in [0, 0.05) is 24.4 Å². The van der Waals surface area contributed by atoms with Crippen molar-refractivity contribution in [1.82, 2.24) is 4.90 Å². The first-order valence-electron chi connectivity index (χ1n) is 15.8. The zero-order valence-electron chi connectivity index (χ0n) is 26.9. The fraction of sp³-hybridized carbons (Fsp3) is 0.576. The number of ether oxygens (including phenoxy) is 3. The number of alkyl halides is 2. The van der Waals surface area contributed by atoms with Gasteiger partial charge < -0.3 is 23.7 Å². The third-order valence-electron chi connectivity index (χ3n) is 8.39. The number of nitrogens with zero attached hydrogens (tertiary/aromatic N) is 2. The molecule has 2 aromatic carbocycles. The van der Waals surface area contributed by atoms with Crippen molar-refractivity contribution in [3.05, 3.63) is 63.7 Å². The second kappa shape index (κ2) is 17.5. The Balaban J connectivity index is 0.000000215. The molecule has 2 aromatic rings. The van der Waals surface area contributed by atoms with Gasteiger partial charge >= 0.3 is 5.97 Å². The lowest BCUT2D eigenvalue weighted by molar-refractivity contribution is -0.384. The Bertz CT molecular complexity index is 1390. The van der Waals surface area contributed by atoms with Crippen LogP contribution in [-0.2, 0) is 38.5 Å². The predicted molar refractivity (Wildman–Crippen MR) is 189 cm³/mol. The molecule has 0 bridgehead atoms. The lowest BCUT2D eigenvalue weighted by atomic mass is 9.98. The third kappa shape index (κ3) is 9.49. The minimum absolute atomic E-state index is 0.0270. The molecule has 0 radical (unpaired) electrons. The molecule has 6 atom stereocenters. The van der Waals surface area contributed by atoms with E-state index in [1.165, 1.54) is 78.6 Å². The number of β-lactam (4-membered cyclic amide) rings is 1. The fourth-order valence-electron chi connectivity index (χ4n) is 5.61. The third-order valence-corrected chi connectivity index (χ3v) is 13.7. The number of non-ortho nitro benzene ring substituents is 1. The summed E-state index contributed by atoms with van der Waals surface area (Å²) in [7, 11) is 0. The highest BCUT2D eigenvalue weighted by Crippen LogP contribution is 2.53. The summed E-state index contributed by atoms with van der Waals surface area (Å²) in [5.74, 6) is 1.98. The molecule has 0 aromatic heterocycles. The Morgan fingerprint density at radius 3 is 2.49 bits per heavy atom. The van der Waals surface area contributed by atoms with Gasteiger partial charge in [-0.15, -0.1) is 23.4 Å². The molecule has 258 valence electrons. The second-order valence-electron chi connectivity index (χ2n) is 12.1. The number of hydrogen-bond donors (Lipinski definition) is 0. The van der Waals surface area contributed by atoms with Crippen molar-refractivity contribution in [2.24, 2.45) is 0 Å². The topological polar surface area (TPSA) is 131 Å². The fourth-order valence-corrected chi connectivity index (χ4v) is 9.55. The van der Waals surface area contributed by atoms with Crippen molar-refractivity contribution in [1.29, 1.82) is 0 Å². The van der Waals surface area contributed by atoms with E-state index < -0.39 is 32.9 Å². The van der Waals surface area contributed by atoms with Crippen LogP contribution in [0.25, 0.3) is 0 Å². The van der Waals surface area contributed by atoms with Crippen molar-refractivity contribution < 1.29 is 33.3 Å². The largest absolute Gasteiger partial charge is 0.616 e. The van der Waals surface area contributed by atoms with E-state index in [1.807, 2.05) is 25.1 Å². The van der Waals surface area contributed by atoms with Crippen molar-refractivity contribution >= 4 is 68.0 Å². The summed E-state index contributed by atoms with van der Waals surface area (Å²) in [6.45, 7) is 6.43. The Kier molecular flexibility index (Phi) is 14.0. The van der Waals surface area contributed by atoms with Gasteiger partial charge in [0.05, 0.1) is 9.67 Å². The molecule has 0 saturated carbocycles. The van der Waals surface area contributed by atoms with Gasteiger partial charge in [-0.25, -0.2) is 4.79 Å². The number of rotatable bonds is 15. The van der Waals surface area contributed by atoms with Crippen LogP contribution in [0, 0.1) is 10.1 Å². The summed E-state index contributed by atoms with van der Waals surface area (Å²) in [5.41, 5.74) is 1.77. The summed E-state index contributed by atoms with van der Waals surface area (Å²) in [6, 6.07) is 11.0. The standard InChI is InChI=1S/C18H28O3S.C15H14BrClN2O5S/c1-3-4-5-6-7-8-11-22(19)15(2)12-16-9-10-17-18(13-16)21-14-20-17;1-15(7-17)11(18-12(20)10(16)13(18)25-15)14(21)24-6-8-2-4-9(5-3-8)19(22)23/h9-10,13,15H,3-8,11-12,14H2,1-2H3;2-5,10-11,13H,6-7H2,1H3/t;10-,11-,13+,15-/m.0/s1. The van der Waals surface area contributed by atoms with E-state index in [-0.39, 0.29) is 39.5 Å². The zero-order chi connectivity index (χ0) is 34.1. The lowest BCUT2D eigenvalue weighted by Gasteiger charge is -2.41. The highest BCUT2D eigenvalue weighted by Gasteiger charge is 2.64. The van der Waals surface area contributed by atoms with E-state index >= 15 is 0 Å². The molecule has 0 spiro atoms. The normalized spacial score (nSPS) is 23.7. The summed E-state index contributed by atoms with van der Waals surface area (Å²) in [4.78, 5) is 36.0. The maximum absolute atomic E-state index is 12.6. The number of carbonyl (C=O) groups is 2. The molecule has 0 N–H and O–H groups in total. The molecule has 3 heterocycles.